The van der Waals surface area contributed by atoms with Crippen molar-refractivity contribution in [3.05, 3.63) is 45.4 Å². The average Bonchev–Trinajstić information content (AvgIpc) is 2.99. The van der Waals surface area contributed by atoms with Gasteiger partial charge in [-0.15, -0.1) is 0 Å². The van der Waals surface area contributed by atoms with E-state index in [1.54, 1.807) is 7.11 Å². The molecule has 0 spiro atoms. The molecule has 3 aromatic rings. The molecule has 2 aromatic carbocycles. The van der Waals surface area contributed by atoms with Crippen LogP contribution in [0.3, 0.4) is 0 Å². The Morgan fingerprint density at radius 1 is 1.20 bits per heavy atom. The minimum Gasteiger partial charge on any atom is -0.497 e. The van der Waals surface area contributed by atoms with Gasteiger partial charge >= 0.3 is 0 Å². The molecule has 0 aliphatic heterocycles. The number of carbonyl (C=O) groups excluding carboxylic acids is 1. The van der Waals surface area contributed by atoms with Gasteiger partial charge in [0.15, 0.2) is 5.16 Å². The van der Waals surface area contributed by atoms with Gasteiger partial charge in [-0.1, -0.05) is 46.6 Å². The van der Waals surface area contributed by atoms with Crippen LogP contribution in [0.4, 0.5) is 5.69 Å². The molecule has 3 rings (SSSR count). The molecule has 0 radical (unpaired) electrons. The van der Waals surface area contributed by atoms with Crippen molar-refractivity contribution in [2.45, 2.75) is 5.16 Å². The summed E-state index contributed by atoms with van der Waals surface area (Å²) in [5.41, 5.74) is 2.06. The van der Waals surface area contributed by atoms with Crippen molar-refractivity contribution in [3.8, 4) is 5.75 Å². The number of rotatable bonds is 5. The van der Waals surface area contributed by atoms with Gasteiger partial charge in [0.2, 0.25) is 5.91 Å². The molecule has 5 nitrogen and oxygen atoms in total. The van der Waals surface area contributed by atoms with Crippen LogP contribution in [-0.2, 0) is 4.79 Å². The zero-order valence-corrected chi connectivity index (χ0v) is 16.0. The van der Waals surface area contributed by atoms with Crippen LogP contribution in [0.2, 0.25) is 15.1 Å². The van der Waals surface area contributed by atoms with Crippen molar-refractivity contribution >= 4 is 69.2 Å². The van der Waals surface area contributed by atoms with E-state index in [0.717, 1.165) is 16.8 Å². The molecule has 1 heterocycles. The molecule has 0 atom stereocenters. The molecule has 0 aliphatic carbocycles. The van der Waals surface area contributed by atoms with Crippen molar-refractivity contribution in [2.75, 3.05) is 18.2 Å². The van der Waals surface area contributed by atoms with Crippen molar-refractivity contribution in [1.29, 1.82) is 0 Å². The van der Waals surface area contributed by atoms with Gasteiger partial charge in [-0.05, 0) is 24.3 Å². The number of aromatic nitrogens is 2. The molecule has 9 heteroatoms. The van der Waals surface area contributed by atoms with E-state index in [0.29, 0.717) is 25.9 Å². The summed E-state index contributed by atoms with van der Waals surface area (Å²) in [4.78, 5) is 19.7. The summed E-state index contributed by atoms with van der Waals surface area (Å²) in [6.45, 7) is 0. The minimum atomic E-state index is -0.233. The summed E-state index contributed by atoms with van der Waals surface area (Å²) in [5, 5.41) is 4.31. The highest BCUT2D eigenvalue weighted by atomic mass is 35.5. The molecule has 130 valence electrons. The number of hydrogen-bond donors (Lipinski definition) is 2. The van der Waals surface area contributed by atoms with Crippen LogP contribution < -0.4 is 10.1 Å². The number of halogens is 3. The van der Waals surface area contributed by atoms with Gasteiger partial charge in [-0.3, -0.25) is 4.79 Å². The van der Waals surface area contributed by atoms with Gasteiger partial charge in [0.25, 0.3) is 0 Å². The number of carbonyl (C=O) groups is 1. The number of aromatic amines is 1. The summed E-state index contributed by atoms with van der Waals surface area (Å²) in [6, 6.07) is 8.53. The van der Waals surface area contributed by atoms with Gasteiger partial charge in [0.1, 0.15) is 5.75 Å². The van der Waals surface area contributed by atoms with Crippen molar-refractivity contribution in [3.63, 3.8) is 0 Å². The van der Waals surface area contributed by atoms with Gasteiger partial charge in [0, 0.05) is 6.07 Å². The molecule has 0 saturated heterocycles. The number of benzene rings is 2. The first-order valence-corrected chi connectivity index (χ1v) is 9.19. The number of methoxy groups -OCH3 is 1. The van der Waals surface area contributed by atoms with E-state index in [9.17, 15) is 4.79 Å². The SMILES string of the molecule is COc1ccc2nc(SCC(=O)Nc3cc(Cl)c(Cl)cc3Cl)[nH]c2c1. The lowest BCUT2D eigenvalue weighted by Gasteiger charge is -2.08. The third kappa shape index (κ3) is 4.33. The minimum absolute atomic E-state index is 0.160. The fourth-order valence-corrected chi connectivity index (χ4v) is 3.38. The lowest BCUT2D eigenvalue weighted by Crippen LogP contribution is -2.14. The summed E-state index contributed by atoms with van der Waals surface area (Å²) in [5.74, 6) is 0.663. The fourth-order valence-electron chi connectivity index (χ4n) is 2.10. The van der Waals surface area contributed by atoms with Crippen LogP contribution >= 0.6 is 46.6 Å². The van der Waals surface area contributed by atoms with Gasteiger partial charge < -0.3 is 15.0 Å². The largest absolute Gasteiger partial charge is 0.497 e. The summed E-state index contributed by atoms with van der Waals surface area (Å²) >= 11 is 19.1. The number of imidazole rings is 1. The smallest absolute Gasteiger partial charge is 0.234 e. The summed E-state index contributed by atoms with van der Waals surface area (Å²) in [6.07, 6.45) is 0. The molecule has 1 aromatic heterocycles. The molecular weight excluding hydrogens is 405 g/mol. The highest BCUT2D eigenvalue weighted by molar-refractivity contribution is 7.99. The number of thioether (sulfide) groups is 1. The van der Waals surface area contributed by atoms with Crippen LogP contribution in [-0.4, -0.2) is 28.7 Å². The number of anilines is 1. The first-order valence-electron chi connectivity index (χ1n) is 7.07. The monoisotopic (exact) mass is 415 g/mol. The van der Waals surface area contributed by atoms with E-state index >= 15 is 0 Å². The lowest BCUT2D eigenvalue weighted by molar-refractivity contribution is -0.113. The number of fused-ring (bicyclic) bond motifs is 1. The average molecular weight is 417 g/mol. The van der Waals surface area contributed by atoms with Gasteiger partial charge in [-0.25, -0.2) is 4.98 Å². The van der Waals surface area contributed by atoms with Crippen LogP contribution in [0, 0.1) is 0 Å². The molecule has 0 bridgehead atoms. The highest BCUT2D eigenvalue weighted by Crippen LogP contribution is 2.32. The maximum atomic E-state index is 12.1. The third-order valence-electron chi connectivity index (χ3n) is 3.29. The molecular formula is C16H12Cl3N3O2S. The first kappa shape index (κ1) is 18.2. The summed E-state index contributed by atoms with van der Waals surface area (Å²) < 4.78 is 5.17. The second-order valence-corrected chi connectivity index (χ2v) is 7.19. The van der Waals surface area contributed by atoms with E-state index in [-0.39, 0.29) is 11.7 Å². The van der Waals surface area contributed by atoms with Gasteiger partial charge in [0.05, 0.1) is 44.7 Å². The van der Waals surface area contributed by atoms with E-state index in [1.807, 2.05) is 18.2 Å². The van der Waals surface area contributed by atoms with Crippen molar-refractivity contribution in [2.24, 2.45) is 0 Å². The molecule has 25 heavy (non-hydrogen) atoms. The molecule has 0 unspecified atom stereocenters. The topological polar surface area (TPSA) is 67.0 Å². The Bertz CT molecular complexity index is 946. The molecule has 0 saturated carbocycles. The lowest BCUT2D eigenvalue weighted by atomic mass is 10.3. The van der Waals surface area contributed by atoms with E-state index in [4.69, 9.17) is 39.5 Å². The Kier molecular flexibility index (Phi) is 5.64. The number of ether oxygens (including phenoxy) is 1. The number of hydrogen-bond acceptors (Lipinski definition) is 4. The Balaban J connectivity index is 1.65. The van der Waals surface area contributed by atoms with E-state index in [2.05, 4.69) is 15.3 Å². The molecule has 0 fully saturated rings. The molecule has 1 amide bonds. The van der Waals surface area contributed by atoms with E-state index in [1.165, 1.54) is 23.9 Å². The number of amides is 1. The Morgan fingerprint density at radius 3 is 2.72 bits per heavy atom. The van der Waals surface area contributed by atoms with Crippen molar-refractivity contribution < 1.29 is 9.53 Å². The first-order chi connectivity index (χ1) is 12.0. The van der Waals surface area contributed by atoms with Crippen LogP contribution in [0.1, 0.15) is 0 Å². The van der Waals surface area contributed by atoms with E-state index < -0.39 is 0 Å². The maximum Gasteiger partial charge on any atom is 0.234 e. The van der Waals surface area contributed by atoms with Gasteiger partial charge in [-0.2, -0.15) is 0 Å². The van der Waals surface area contributed by atoms with Crippen LogP contribution in [0.5, 0.6) is 5.75 Å². The number of nitrogens with one attached hydrogen (secondary N) is 2. The second kappa shape index (κ2) is 7.74. The molecule has 2 N–H and O–H groups in total. The quantitative estimate of drug-likeness (QED) is 0.439. The summed E-state index contributed by atoms with van der Waals surface area (Å²) in [7, 11) is 1.60. The number of nitrogens with zero attached hydrogens (tertiary/aromatic N) is 1. The zero-order valence-electron chi connectivity index (χ0n) is 12.9. The van der Waals surface area contributed by atoms with Crippen LogP contribution in [0.25, 0.3) is 11.0 Å². The second-order valence-electron chi connectivity index (χ2n) is 5.01. The number of H-pyrrole nitrogens is 1. The predicted octanol–water partition coefficient (Wildman–Crippen LogP) is 5.26. The molecule has 0 aliphatic rings. The standard InChI is InChI=1S/C16H12Cl3N3O2S/c1-24-8-2-3-12-14(4-8)22-16(21-12)25-7-15(23)20-13-6-10(18)9(17)5-11(13)19/h2-6H,7H2,1H3,(H,20,23)(H,21,22). The fraction of sp³-hybridized carbons (Fsp3) is 0.125. The van der Waals surface area contributed by atoms with Crippen molar-refractivity contribution in [1.82, 2.24) is 9.97 Å². The Labute approximate surface area is 163 Å². The predicted molar refractivity (Wildman–Crippen MR) is 103 cm³/mol. The van der Waals surface area contributed by atoms with Crippen LogP contribution in [0.15, 0.2) is 35.5 Å². The Morgan fingerprint density at radius 2 is 1.96 bits per heavy atom. The normalized spacial score (nSPS) is 10.9. The zero-order chi connectivity index (χ0) is 18.0. The highest BCUT2D eigenvalue weighted by Gasteiger charge is 2.11. The Hall–Kier alpha value is -1.60. The third-order valence-corrected chi connectivity index (χ3v) is 5.20. The maximum absolute atomic E-state index is 12.1.